The van der Waals surface area contributed by atoms with E-state index in [1.54, 1.807) is 0 Å². The van der Waals surface area contributed by atoms with Gasteiger partial charge in [-0.05, 0) is 44.9 Å². The van der Waals surface area contributed by atoms with Crippen molar-refractivity contribution >= 4 is 11.4 Å². The molecule has 3 nitrogen and oxygen atoms in total. The molecule has 1 aromatic carbocycles. The van der Waals surface area contributed by atoms with Crippen LogP contribution >= 0.6 is 0 Å². The summed E-state index contributed by atoms with van der Waals surface area (Å²) in [5.41, 5.74) is 2.50. The maximum atomic E-state index is 3.68. The Bertz CT molecular complexity index is 393. The predicted octanol–water partition coefficient (Wildman–Crippen LogP) is 3.04. The molecule has 0 bridgehead atoms. The summed E-state index contributed by atoms with van der Waals surface area (Å²) in [5.74, 6) is 0. The molecule has 0 spiro atoms. The fraction of sp³-hybridized carbons (Fsp3) is 0.625. The largest absolute Gasteiger partial charge is 0.382 e. The smallest absolute Gasteiger partial charge is 0.0381 e. The van der Waals surface area contributed by atoms with E-state index in [-0.39, 0.29) is 0 Å². The Morgan fingerprint density at radius 2 is 1.89 bits per heavy atom. The van der Waals surface area contributed by atoms with Crippen LogP contribution in [0.25, 0.3) is 0 Å². The Hall–Kier alpha value is -1.22. The lowest BCUT2D eigenvalue weighted by atomic mass is 10.0. The first-order chi connectivity index (χ1) is 9.06. The predicted molar refractivity (Wildman–Crippen MR) is 84.1 cm³/mol. The lowest BCUT2D eigenvalue weighted by Gasteiger charge is -2.35. The van der Waals surface area contributed by atoms with Crippen molar-refractivity contribution < 1.29 is 0 Å². The zero-order valence-electron chi connectivity index (χ0n) is 12.7. The molecule has 0 saturated carbocycles. The number of hydrogen-bond donors (Lipinski definition) is 1. The fourth-order valence-corrected chi connectivity index (χ4v) is 2.67. The van der Waals surface area contributed by atoms with Crippen molar-refractivity contribution in [2.75, 3.05) is 37.4 Å². The third-order valence-electron chi connectivity index (χ3n) is 3.99. The fourth-order valence-electron chi connectivity index (χ4n) is 2.67. The van der Waals surface area contributed by atoms with Crippen molar-refractivity contribution in [3.63, 3.8) is 0 Å². The highest BCUT2D eigenvalue weighted by molar-refractivity contribution is 5.57. The monoisotopic (exact) mass is 261 g/mol. The molecule has 0 radical (unpaired) electrons. The van der Waals surface area contributed by atoms with E-state index in [0.29, 0.717) is 12.1 Å². The molecule has 1 N–H and O–H groups in total. The van der Waals surface area contributed by atoms with Crippen molar-refractivity contribution in [2.45, 2.75) is 38.8 Å². The minimum absolute atomic E-state index is 0.618. The molecular formula is C16H27N3. The maximum Gasteiger partial charge on any atom is 0.0381 e. The lowest BCUT2D eigenvalue weighted by molar-refractivity contribution is 0.177. The van der Waals surface area contributed by atoms with E-state index in [4.69, 9.17) is 0 Å². The van der Waals surface area contributed by atoms with E-state index in [1.165, 1.54) is 37.3 Å². The second-order valence-electron chi connectivity index (χ2n) is 5.99. The van der Waals surface area contributed by atoms with Crippen LogP contribution in [0.5, 0.6) is 0 Å². The van der Waals surface area contributed by atoms with E-state index in [0.717, 1.165) is 0 Å². The van der Waals surface area contributed by atoms with E-state index < -0.39 is 0 Å². The second kappa shape index (κ2) is 6.29. The minimum atomic E-state index is 0.618. The van der Waals surface area contributed by atoms with Gasteiger partial charge in [-0.15, -0.1) is 0 Å². The summed E-state index contributed by atoms with van der Waals surface area (Å²) in [6.45, 7) is 6.99. The number of likely N-dealkylation sites (tertiary alicyclic amines) is 1. The van der Waals surface area contributed by atoms with Crippen LogP contribution in [0.2, 0.25) is 0 Å². The van der Waals surface area contributed by atoms with Crippen molar-refractivity contribution in [1.82, 2.24) is 4.90 Å². The molecule has 1 aliphatic rings. The molecule has 0 atom stereocenters. The third-order valence-corrected chi connectivity index (χ3v) is 3.99. The SMILES string of the molecule is CC(C)N1CCC(Nc2cccc(N(C)C)c2)CC1. The van der Waals surface area contributed by atoms with Crippen molar-refractivity contribution in [2.24, 2.45) is 0 Å². The quantitative estimate of drug-likeness (QED) is 0.899. The molecule has 0 amide bonds. The van der Waals surface area contributed by atoms with E-state index in [9.17, 15) is 0 Å². The van der Waals surface area contributed by atoms with Gasteiger partial charge in [-0.1, -0.05) is 6.07 Å². The Morgan fingerprint density at radius 1 is 1.21 bits per heavy atom. The van der Waals surface area contributed by atoms with E-state index >= 15 is 0 Å². The number of benzene rings is 1. The van der Waals surface area contributed by atoms with Gasteiger partial charge in [0.1, 0.15) is 0 Å². The van der Waals surface area contributed by atoms with E-state index in [1.807, 2.05) is 0 Å². The molecule has 2 rings (SSSR count). The second-order valence-corrected chi connectivity index (χ2v) is 5.99. The molecule has 0 unspecified atom stereocenters. The van der Waals surface area contributed by atoms with Gasteiger partial charge in [0.05, 0.1) is 0 Å². The molecule has 1 saturated heterocycles. The number of hydrogen-bond acceptors (Lipinski definition) is 3. The normalized spacial score (nSPS) is 17.7. The Morgan fingerprint density at radius 3 is 2.47 bits per heavy atom. The maximum absolute atomic E-state index is 3.68. The van der Waals surface area contributed by atoms with Crippen LogP contribution in [-0.2, 0) is 0 Å². The zero-order valence-corrected chi connectivity index (χ0v) is 12.7. The van der Waals surface area contributed by atoms with Crippen LogP contribution in [0.1, 0.15) is 26.7 Å². The van der Waals surface area contributed by atoms with Crippen molar-refractivity contribution in [3.8, 4) is 0 Å². The van der Waals surface area contributed by atoms with Crippen molar-refractivity contribution in [1.29, 1.82) is 0 Å². The summed E-state index contributed by atoms with van der Waals surface area (Å²) in [7, 11) is 4.17. The number of piperidine rings is 1. The minimum Gasteiger partial charge on any atom is -0.382 e. The molecular weight excluding hydrogens is 234 g/mol. The highest BCUT2D eigenvalue weighted by Crippen LogP contribution is 2.21. The van der Waals surface area contributed by atoms with Crippen LogP contribution in [0.4, 0.5) is 11.4 Å². The van der Waals surface area contributed by atoms with Crippen LogP contribution in [0.15, 0.2) is 24.3 Å². The van der Waals surface area contributed by atoms with Gasteiger partial charge in [-0.25, -0.2) is 0 Å². The van der Waals surface area contributed by atoms with Gasteiger partial charge in [0, 0.05) is 50.6 Å². The molecule has 106 valence electrons. The third kappa shape index (κ3) is 3.87. The van der Waals surface area contributed by atoms with Crippen LogP contribution in [0.3, 0.4) is 0 Å². The Labute approximate surface area is 117 Å². The molecule has 0 aromatic heterocycles. The number of nitrogens with one attached hydrogen (secondary N) is 1. The number of nitrogens with zero attached hydrogens (tertiary/aromatic N) is 2. The summed E-state index contributed by atoms with van der Waals surface area (Å²) in [6.07, 6.45) is 2.48. The van der Waals surface area contributed by atoms with Crippen molar-refractivity contribution in [3.05, 3.63) is 24.3 Å². The molecule has 1 aromatic rings. The van der Waals surface area contributed by atoms with Gasteiger partial charge in [0.25, 0.3) is 0 Å². The Balaban J connectivity index is 1.90. The van der Waals surface area contributed by atoms with Gasteiger partial charge in [-0.3, -0.25) is 0 Å². The zero-order chi connectivity index (χ0) is 13.8. The molecule has 1 heterocycles. The van der Waals surface area contributed by atoms with Crippen LogP contribution in [0, 0.1) is 0 Å². The highest BCUT2D eigenvalue weighted by Gasteiger charge is 2.20. The number of anilines is 2. The first-order valence-corrected chi connectivity index (χ1v) is 7.34. The summed E-state index contributed by atoms with van der Waals surface area (Å²) in [5, 5.41) is 3.68. The average molecular weight is 261 g/mol. The average Bonchev–Trinajstić information content (AvgIpc) is 2.39. The first kappa shape index (κ1) is 14.2. The van der Waals surface area contributed by atoms with Gasteiger partial charge >= 0.3 is 0 Å². The van der Waals surface area contributed by atoms with Crippen LogP contribution < -0.4 is 10.2 Å². The highest BCUT2D eigenvalue weighted by atomic mass is 15.2. The van der Waals surface area contributed by atoms with Gasteiger partial charge in [0.15, 0.2) is 0 Å². The van der Waals surface area contributed by atoms with Gasteiger partial charge in [0.2, 0.25) is 0 Å². The summed E-state index contributed by atoms with van der Waals surface area (Å²) in [6, 6.07) is 9.97. The molecule has 19 heavy (non-hydrogen) atoms. The lowest BCUT2D eigenvalue weighted by Crippen LogP contribution is -2.42. The van der Waals surface area contributed by atoms with Crippen LogP contribution in [-0.4, -0.2) is 44.2 Å². The molecule has 3 heteroatoms. The molecule has 1 fully saturated rings. The van der Waals surface area contributed by atoms with E-state index in [2.05, 4.69) is 67.3 Å². The standard InChI is InChI=1S/C16H27N3/c1-13(2)19-10-8-14(9-11-19)17-15-6-5-7-16(12-15)18(3)4/h5-7,12-14,17H,8-11H2,1-4H3. The summed E-state index contributed by atoms with van der Waals surface area (Å²) in [4.78, 5) is 4.71. The molecule has 1 aliphatic heterocycles. The first-order valence-electron chi connectivity index (χ1n) is 7.34. The van der Waals surface area contributed by atoms with Gasteiger partial charge < -0.3 is 15.1 Å². The Kier molecular flexibility index (Phi) is 4.70. The number of rotatable bonds is 4. The molecule has 0 aliphatic carbocycles. The topological polar surface area (TPSA) is 18.5 Å². The summed E-state index contributed by atoms with van der Waals surface area (Å²) < 4.78 is 0. The summed E-state index contributed by atoms with van der Waals surface area (Å²) >= 11 is 0. The van der Waals surface area contributed by atoms with Gasteiger partial charge in [-0.2, -0.15) is 0 Å².